The van der Waals surface area contributed by atoms with Crippen LogP contribution in [0.15, 0.2) is 24.3 Å². The second-order valence-corrected chi connectivity index (χ2v) is 5.16. The molecule has 1 aromatic rings. The number of hydrogen-bond acceptors (Lipinski definition) is 3. The molecule has 1 amide bonds. The van der Waals surface area contributed by atoms with Gasteiger partial charge in [0.1, 0.15) is 0 Å². The number of hydrogen-bond donors (Lipinski definition) is 2. The summed E-state index contributed by atoms with van der Waals surface area (Å²) in [6.45, 7) is 11.8. The van der Waals surface area contributed by atoms with Crippen LogP contribution in [0.1, 0.15) is 38.3 Å². The van der Waals surface area contributed by atoms with Crippen molar-refractivity contribution in [3.63, 3.8) is 0 Å². The van der Waals surface area contributed by atoms with E-state index in [1.807, 2.05) is 6.92 Å². The summed E-state index contributed by atoms with van der Waals surface area (Å²) in [6.07, 6.45) is 0.536. The number of amides is 1. The summed E-state index contributed by atoms with van der Waals surface area (Å²) in [5, 5.41) is 6.10. The fourth-order valence-electron chi connectivity index (χ4n) is 2.14. The van der Waals surface area contributed by atoms with Gasteiger partial charge in [0, 0.05) is 26.1 Å². The predicted molar refractivity (Wildman–Crippen MR) is 88.1 cm³/mol. The molecular weight excluding hydrogens is 262 g/mol. The lowest BCUT2D eigenvalue weighted by molar-refractivity contribution is -0.121. The highest BCUT2D eigenvalue weighted by molar-refractivity contribution is 5.76. The van der Waals surface area contributed by atoms with Gasteiger partial charge < -0.3 is 10.6 Å². The lowest BCUT2D eigenvalue weighted by Gasteiger charge is -2.18. The lowest BCUT2D eigenvalue weighted by Crippen LogP contribution is -2.27. The van der Waals surface area contributed by atoms with Gasteiger partial charge in [0.25, 0.3) is 0 Å². The smallest absolute Gasteiger partial charge is 0.221 e. The molecule has 0 bridgehead atoms. The standard InChI is InChI=1S/C17H29N3O/c1-4-18-12-11-17(21)19-13-15-7-9-16(10-8-15)14-20(5-2)6-3/h7-10,18H,4-6,11-14H2,1-3H3,(H,19,21). The van der Waals surface area contributed by atoms with E-state index in [9.17, 15) is 4.79 Å². The molecule has 0 aliphatic rings. The molecule has 0 atom stereocenters. The van der Waals surface area contributed by atoms with E-state index in [-0.39, 0.29) is 5.91 Å². The molecule has 0 aliphatic heterocycles. The molecule has 0 aromatic heterocycles. The van der Waals surface area contributed by atoms with Crippen molar-refractivity contribution in [2.75, 3.05) is 26.2 Å². The molecular formula is C17H29N3O. The number of carbonyl (C=O) groups excluding carboxylic acids is 1. The molecule has 0 unspecified atom stereocenters. The normalized spacial score (nSPS) is 10.9. The molecule has 4 heteroatoms. The molecule has 0 saturated heterocycles. The summed E-state index contributed by atoms with van der Waals surface area (Å²) in [5.41, 5.74) is 2.47. The maximum Gasteiger partial charge on any atom is 0.221 e. The number of nitrogens with one attached hydrogen (secondary N) is 2. The van der Waals surface area contributed by atoms with E-state index in [4.69, 9.17) is 0 Å². The Balaban J connectivity index is 2.35. The minimum absolute atomic E-state index is 0.100. The maximum atomic E-state index is 11.6. The fourth-order valence-corrected chi connectivity index (χ4v) is 2.14. The Kier molecular flexibility index (Phi) is 8.71. The van der Waals surface area contributed by atoms with Crippen LogP contribution in [0.2, 0.25) is 0 Å². The molecule has 1 rings (SSSR count). The van der Waals surface area contributed by atoms with Crippen molar-refractivity contribution in [2.24, 2.45) is 0 Å². The van der Waals surface area contributed by atoms with Crippen molar-refractivity contribution in [2.45, 2.75) is 40.3 Å². The van der Waals surface area contributed by atoms with Gasteiger partial charge in [-0.25, -0.2) is 0 Å². The van der Waals surface area contributed by atoms with Gasteiger partial charge in [0.05, 0.1) is 0 Å². The quantitative estimate of drug-likeness (QED) is 0.649. The zero-order valence-electron chi connectivity index (χ0n) is 13.6. The average Bonchev–Trinajstić information content (AvgIpc) is 2.52. The second kappa shape index (κ2) is 10.4. The number of benzene rings is 1. The highest BCUT2D eigenvalue weighted by Gasteiger charge is 2.03. The largest absolute Gasteiger partial charge is 0.352 e. The van der Waals surface area contributed by atoms with Crippen LogP contribution in [-0.2, 0) is 17.9 Å². The van der Waals surface area contributed by atoms with Gasteiger partial charge in [-0.2, -0.15) is 0 Å². The van der Waals surface area contributed by atoms with Gasteiger partial charge in [0.2, 0.25) is 5.91 Å². The molecule has 21 heavy (non-hydrogen) atoms. The van der Waals surface area contributed by atoms with Crippen molar-refractivity contribution >= 4 is 5.91 Å². The summed E-state index contributed by atoms with van der Waals surface area (Å²) in [6, 6.07) is 8.50. The van der Waals surface area contributed by atoms with Crippen LogP contribution in [0.5, 0.6) is 0 Å². The first-order valence-corrected chi connectivity index (χ1v) is 7.97. The first-order valence-electron chi connectivity index (χ1n) is 7.97. The number of nitrogens with zero attached hydrogens (tertiary/aromatic N) is 1. The third kappa shape index (κ3) is 7.25. The minimum atomic E-state index is 0.100. The van der Waals surface area contributed by atoms with E-state index in [1.54, 1.807) is 0 Å². The Morgan fingerprint density at radius 2 is 1.67 bits per heavy atom. The average molecular weight is 291 g/mol. The minimum Gasteiger partial charge on any atom is -0.352 e. The Morgan fingerprint density at radius 3 is 2.24 bits per heavy atom. The molecule has 2 N–H and O–H groups in total. The van der Waals surface area contributed by atoms with Crippen molar-refractivity contribution in [3.8, 4) is 0 Å². The van der Waals surface area contributed by atoms with E-state index < -0.39 is 0 Å². The van der Waals surface area contributed by atoms with Gasteiger partial charge in [-0.3, -0.25) is 9.69 Å². The Labute approximate surface area is 128 Å². The van der Waals surface area contributed by atoms with Crippen LogP contribution in [0.3, 0.4) is 0 Å². The van der Waals surface area contributed by atoms with E-state index in [2.05, 4.69) is 53.6 Å². The van der Waals surface area contributed by atoms with E-state index in [0.29, 0.717) is 13.0 Å². The molecule has 118 valence electrons. The van der Waals surface area contributed by atoms with Crippen LogP contribution in [0.25, 0.3) is 0 Å². The van der Waals surface area contributed by atoms with E-state index in [1.165, 1.54) is 5.56 Å². The predicted octanol–water partition coefficient (Wildman–Crippen LogP) is 2.14. The van der Waals surface area contributed by atoms with Crippen molar-refractivity contribution < 1.29 is 4.79 Å². The van der Waals surface area contributed by atoms with Crippen LogP contribution in [0, 0.1) is 0 Å². The summed E-state index contributed by atoms with van der Waals surface area (Å²) in [4.78, 5) is 14.0. The molecule has 0 aliphatic carbocycles. The Bertz CT molecular complexity index is 399. The molecule has 4 nitrogen and oxygen atoms in total. The summed E-state index contributed by atoms with van der Waals surface area (Å²) in [7, 11) is 0. The lowest BCUT2D eigenvalue weighted by atomic mass is 10.1. The van der Waals surface area contributed by atoms with Crippen LogP contribution >= 0.6 is 0 Å². The highest BCUT2D eigenvalue weighted by Crippen LogP contribution is 2.07. The van der Waals surface area contributed by atoms with E-state index in [0.717, 1.165) is 38.3 Å². The van der Waals surface area contributed by atoms with Crippen LogP contribution < -0.4 is 10.6 Å². The summed E-state index contributed by atoms with van der Waals surface area (Å²) in [5.74, 6) is 0.100. The van der Waals surface area contributed by atoms with Crippen LogP contribution in [-0.4, -0.2) is 37.0 Å². The summed E-state index contributed by atoms with van der Waals surface area (Å²) < 4.78 is 0. The van der Waals surface area contributed by atoms with Gasteiger partial charge >= 0.3 is 0 Å². The molecule has 0 radical (unpaired) electrons. The maximum absolute atomic E-state index is 11.6. The van der Waals surface area contributed by atoms with Crippen molar-refractivity contribution in [1.82, 2.24) is 15.5 Å². The fraction of sp³-hybridized carbons (Fsp3) is 0.588. The highest BCUT2D eigenvalue weighted by atomic mass is 16.1. The Hall–Kier alpha value is -1.39. The topological polar surface area (TPSA) is 44.4 Å². The zero-order valence-corrected chi connectivity index (χ0v) is 13.6. The monoisotopic (exact) mass is 291 g/mol. The SMILES string of the molecule is CCNCCC(=O)NCc1ccc(CN(CC)CC)cc1. The van der Waals surface area contributed by atoms with Crippen LogP contribution in [0.4, 0.5) is 0 Å². The van der Waals surface area contributed by atoms with Gasteiger partial charge in [-0.15, -0.1) is 0 Å². The Morgan fingerprint density at radius 1 is 1.05 bits per heavy atom. The summed E-state index contributed by atoms with van der Waals surface area (Å²) >= 11 is 0. The molecule has 0 heterocycles. The van der Waals surface area contributed by atoms with Gasteiger partial charge in [-0.05, 0) is 30.8 Å². The third-order valence-electron chi connectivity index (χ3n) is 3.59. The first kappa shape index (κ1) is 17.7. The van der Waals surface area contributed by atoms with Crippen molar-refractivity contribution in [1.29, 1.82) is 0 Å². The van der Waals surface area contributed by atoms with Gasteiger partial charge in [-0.1, -0.05) is 45.0 Å². The molecule has 0 fully saturated rings. The molecule has 1 aromatic carbocycles. The molecule has 0 spiro atoms. The van der Waals surface area contributed by atoms with Crippen molar-refractivity contribution in [3.05, 3.63) is 35.4 Å². The second-order valence-electron chi connectivity index (χ2n) is 5.16. The number of carbonyl (C=O) groups is 1. The third-order valence-corrected chi connectivity index (χ3v) is 3.59. The number of rotatable bonds is 10. The molecule has 0 saturated carbocycles. The van der Waals surface area contributed by atoms with E-state index >= 15 is 0 Å². The van der Waals surface area contributed by atoms with Gasteiger partial charge in [0.15, 0.2) is 0 Å². The zero-order chi connectivity index (χ0) is 15.5. The first-order chi connectivity index (χ1) is 10.2.